The van der Waals surface area contributed by atoms with Crippen molar-refractivity contribution in [3.63, 3.8) is 0 Å². The number of hydrogen-bond acceptors (Lipinski definition) is 8. The Morgan fingerprint density at radius 1 is 1.03 bits per heavy atom. The Morgan fingerprint density at radius 3 is 2.54 bits per heavy atom. The lowest BCUT2D eigenvalue weighted by atomic mass is 10.0. The fourth-order valence-corrected chi connectivity index (χ4v) is 4.50. The number of aromatic nitrogens is 2. The van der Waals surface area contributed by atoms with E-state index >= 15 is 0 Å². The average Bonchev–Trinajstić information content (AvgIpc) is 3.35. The summed E-state index contributed by atoms with van der Waals surface area (Å²) >= 11 is 0. The van der Waals surface area contributed by atoms with Crippen molar-refractivity contribution >= 4 is 34.3 Å². The Morgan fingerprint density at radius 2 is 1.78 bits per heavy atom. The minimum absolute atomic E-state index is 0.00608. The van der Waals surface area contributed by atoms with E-state index in [-0.39, 0.29) is 18.7 Å². The first kappa shape index (κ1) is 24.6. The molecule has 11 nitrogen and oxygen atoms in total. The molecule has 194 valence electrons. The summed E-state index contributed by atoms with van der Waals surface area (Å²) in [4.78, 5) is 38.3. The summed E-state index contributed by atoms with van der Waals surface area (Å²) in [5.74, 6) is 2.13. The highest BCUT2D eigenvalue weighted by Gasteiger charge is 2.24. The predicted molar refractivity (Wildman–Crippen MR) is 139 cm³/mol. The quantitative estimate of drug-likeness (QED) is 0.446. The van der Waals surface area contributed by atoms with Crippen molar-refractivity contribution in [1.29, 1.82) is 0 Å². The molecule has 1 saturated heterocycles. The van der Waals surface area contributed by atoms with Crippen molar-refractivity contribution in [2.45, 2.75) is 26.4 Å². The SMILES string of the molecule is CC(C)[C@H](Nc1nc(CN2CCN(C(=O)Nc3ccc4c(c3)OCO4)CC2)nc2ccccc12)C(N)=O. The highest BCUT2D eigenvalue weighted by molar-refractivity contribution is 5.92. The van der Waals surface area contributed by atoms with Crippen LogP contribution in [0.4, 0.5) is 16.3 Å². The molecule has 2 aromatic carbocycles. The minimum Gasteiger partial charge on any atom is -0.454 e. The zero-order valence-corrected chi connectivity index (χ0v) is 20.9. The van der Waals surface area contributed by atoms with Crippen LogP contribution in [0, 0.1) is 5.92 Å². The maximum atomic E-state index is 12.8. The molecule has 2 aliphatic heterocycles. The molecule has 4 N–H and O–H groups in total. The van der Waals surface area contributed by atoms with E-state index < -0.39 is 11.9 Å². The number of carbonyl (C=O) groups excluding carboxylic acids is 2. The molecule has 3 heterocycles. The van der Waals surface area contributed by atoms with E-state index in [0.29, 0.717) is 61.6 Å². The van der Waals surface area contributed by atoms with Crippen LogP contribution >= 0.6 is 0 Å². The second-order valence-corrected chi connectivity index (χ2v) is 9.54. The summed E-state index contributed by atoms with van der Waals surface area (Å²) in [6, 6.07) is 12.4. The average molecular weight is 506 g/mol. The molecule has 1 atom stereocenters. The van der Waals surface area contributed by atoms with Crippen molar-refractivity contribution in [2.24, 2.45) is 11.7 Å². The number of benzene rings is 2. The van der Waals surface area contributed by atoms with Gasteiger partial charge in [-0.25, -0.2) is 14.8 Å². The molecular formula is C26H31N7O4. The molecule has 0 spiro atoms. The van der Waals surface area contributed by atoms with Crippen molar-refractivity contribution in [2.75, 3.05) is 43.6 Å². The fourth-order valence-electron chi connectivity index (χ4n) is 4.50. The number of ether oxygens (including phenoxy) is 2. The van der Waals surface area contributed by atoms with Gasteiger partial charge < -0.3 is 30.7 Å². The molecule has 5 rings (SSSR count). The molecule has 0 unspecified atom stereocenters. The number of hydrogen-bond donors (Lipinski definition) is 3. The van der Waals surface area contributed by atoms with Crippen LogP contribution in [0.15, 0.2) is 42.5 Å². The van der Waals surface area contributed by atoms with Crippen LogP contribution in [0.2, 0.25) is 0 Å². The van der Waals surface area contributed by atoms with Crippen molar-refractivity contribution in [3.05, 3.63) is 48.3 Å². The standard InChI is InChI=1S/C26H31N7O4/c1-16(2)23(24(27)34)31-25-18-5-3-4-6-19(18)29-22(30-25)14-32-9-11-33(12-10-32)26(35)28-17-7-8-20-21(13-17)37-15-36-20/h3-8,13,16,23H,9-12,14-15H2,1-2H3,(H2,27,34)(H,28,35)(H,29,30,31)/t23-/m0/s1. The van der Waals surface area contributed by atoms with Gasteiger partial charge in [0, 0.05) is 43.3 Å². The molecule has 3 aromatic rings. The first-order valence-corrected chi connectivity index (χ1v) is 12.4. The monoisotopic (exact) mass is 505 g/mol. The van der Waals surface area contributed by atoms with Crippen LogP contribution in [0.5, 0.6) is 11.5 Å². The molecule has 0 aliphatic carbocycles. The van der Waals surface area contributed by atoms with E-state index in [0.717, 1.165) is 10.9 Å². The van der Waals surface area contributed by atoms with Gasteiger partial charge in [-0.1, -0.05) is 26.0 Å². The maximum absolute atomic E-state index is 12.8. The Bertz CT molecular complexity index is 1310. The zero-order valence-electron chi connectivity index (χ0n) is 20.9. The van der Waals surface area contributed by atoms with E-state index in [1.807, 2.05) is 38.1 Å². The second kappa shape index (κ2) is 10.5. The van der Waals surface area contributed by atoms with E-state index in [1.54, 1.807) is 23.1 Å². The number of anilines is 2. The van der Waals surface area contributed by atoms with Crippen LogP contribution in [-0.4, -0.2) is 70.7 Å². The van der Waals surface area contributed by atoms with E-state index in [9.17, 15) is 9.59 Å². The van der Waals surface area contributed by atoms with Crippen molar-refractivity contribution in [3.8, 4) is 11.5 Å². The maximum Gasteiger partial charge on any atom is 0.321 e. The molecule has 0 saturated carbocycles. The fraction of sp³-hybridized carbons (Fsp3) is 0.385. The van der Waals surface area contributed by atoms with Gasteiger partial charge in [-0.15, -0.1) is 0 Å². The largest absolute Gasteiger partial charge is 0.454 e. The molecule has 11 heteroatoms. The Labute approximate surface area is 214 Å². The normalized spacial score (nSPS) is 16.1. The Hall–Kier alpha value is -4.12. The number of nitrogens with two attached hydrogens (primary N) is 1. The number of carbonyl (C=O) groups is 2. The highest BCUT2D eigenvalue weighted by atomic mass is 16.7. The summed E-state index contributed by atoms with van der Waals surface area (Å²) in [6.45, 7) is 7.12. The molecule has 1 aromatic heterocycles. The van der Waals surface area contributed by atoms with Crippen LogP contribution in [0.25, 0.3) is 10.9 Å². The van der Waals surface area contributed by atoms with Gasteiger partial charge >= 0.3 is 6.03 Å². The summed E-state index contributed by atoms with van der Waals surface area (Å²) < 4.78 is 10.7. The van der Waals surface area contributed by atoms with Crippen LogP contribution in [0.1, 0.15) is 19.7 Å². The number of primary amides is 1. The molecule has 37 heavy (non-hydrogen) atoms. The molecular weight excluding hydrogens is 474 g/mol. The molecule has 3 amide bonds. The number of nitrogens with zero attached hydrogens (tertiary/aromatic N) is 4. The third-order valence-electron chi connectivity index (χ3n) is 6.56. The van der Waals surface area contributed by atoms with Gasteiger partial charge in [-0.3, -0.25) is 9.69 Å². The summed E-state index contributed by atoms with van der Waals surface area (Å²) in [7, 11) is 0. The Kier molecular flexibility index (Phi) is 6.95. The number of para-hydroxylation sites is 1. The number of rotatable bonds is 7. The second-order valence-electron chi connectivity index (χ2n) is 9.54. The topological polar surface area (TPSA) is 135 Å². The van der Waals surface area contributed by atoms with Crippen LogP contribution < -0.4 is 25.8 Å². The lowest BCUT2D eigenvalue weighted by Crippen LogP contribution is -2.49. The van der Waals surface area contributed by atoms with Gasteiger partial charge in [0.05, 0.1) is 12.1 Å². The minimum atomic E-state index is -0.544. The number of nitrogens with one attached hydrogen (secondary N) is 2. The summed E-state index contributed by atoms with van der Waals surface area (Å²) in [5, 5.41) is 7.01. The molecule has 0 radical (unpaired) electrons. The first-order valence-electron chi connectivity index (χ1n) is 12.4. The van der Waals surface area contributed by atoms with E-state index in [4.69, 9.17) is 25.2 Å². The van der Waals surface area contributed by atoms with Crippen LogP contribution in [0.3, 0.4) is 0 Å². The highest BCUT2D eigenvalue weighted by Crippen LogP contribution is 2.34. The lowest BCUT2D eigenvalue weighted by molar-refractivity contribution is -0.119. The van der Waals surface area contributed by atoms with Gasteiger partial charge in [-0.05, 0) is 30.2 Å². The smallest absolute Gasteiger partial charge is 0.321 e. The summed E-state index contributed by atoms with van der Waals surface area (Å²) in [5.41, 5.74) is 7.08. The van der Waals surface area contributed by atoms with Crippen molar-refractivity contribution in [1.82, 2.24) is 19.8 Å². The van der Waals surface area contributed by atoms with Gasteiger partial charge in [0.2, 0.25) is 12.7 Å². The number of amides is 3. The predicted octanol–water partition coefficient (Wildman–Crippen LogP) is 2.63. The number of piperazine rings is 1. The zero-order chi connectivity index (χ0) is 25.9. The lowest BCUT2D eigenvalue weighted by Gasteiger charge is -2.34. The Balaban J connectivity index is 1.23. The first-order chi connectivity index (χ1) is 17.9. The third kappa shape index (κ3) is 5.51. The van der Waals surface area contributed by atoms with Gasteiger partial charge in [0.25, 0.3) is 0 Å². The van der Waals surface area contributed by atoms with Gasteiger partial charge in [0.1, 0.15) is 17.7 Å². The molecule has 2 aliphatic rings. The van der Waals surface area contributed by atoms with Crippen LogP contribution in [-0.2, 0) is 11.3 Å². The number of fused-ring (bicyclic) bond motifs is 2. The number of urea groups is 1. The van der Waals surface area contributed by atoms with Gasteiger partial charge in [0.15, 0.2) is 11.5 Å². The molecule has 0 bridgehead atoms. The molecule has 1 fully saturated rings. The van der Waals surface area contributed by atoms with Crippen molar-refractivity contribution < 1.29 is 19.1 Å². The third-order valence-corrected chi connectivity index (χ3v) is 6.56. The summed E-state index contributed by atoms with van der Waals surface area (Å²) in [6.07, 6.45) is 0. The van der Waals surface area contributed by atoms with E-state index in [2.05, 4.69) is 15.5 Å². The van der Waals surface area contributed by atoms with Gasteiger partial charge in [-0.2, -0.15) is 0 Å². The van der Waals surface area contributed by atoms with E-state index in [1.165, 1.54) is 0 Å².